The van der Waals surface area contributed by atoms with Gasteiger partial charge < -0.3 is 20.4 Å². The van der Waals surface area contributed by atoms with Gasteiger partial charge in [0.1, 0.15) is 12.4 Å². The van der Waals surface area contributed by atoms with Crippen molar-refractivity contribution >= 4 is 40.8 Å². The highest BCUT2D eigenvalue weighted by molar-refractivity contribution is 14.0. The number of aromatic amines is 1. The number of aryl methyl sites for hydroxylation is 1. The number of ether oxygens (including phenoxy) is 1. The van der Waals surface area contributed by atoms with E-state index in [-0.39, 0.29) is 24.0 Å². The Morgan fingerprint density at radius 1 is 1.22 bits per heavy atom. The van der Waals surface area contributed by atoms with E-state index in [2.05, 4.69) is 56.9 Å². The smallest absolute Gasteiger partial charge is 0.191 e. The minimum Gasteiger partial charge on any atom is -0.490 e. The number of aliphatic imine (C=N–C) groups is 1. The van der Waals surface area contributed by atoms with E-state index in [9.17, 15) is 0 Å². The van der Waals surface area contributed by atoms with E-state index in [1.54, 1.807) is 19.4 Å². The fraction of sp³-hybridized carbons (Fsp3) is 0.300. The number of H-pyrrole nitrogens is 1. The average molecular weight is 479 g/mol. The second-order valence-corrected chi connectivity index (χ2v) is 6.08. The van der Waals surface area contributed by atoms with Crippen molar-refractivity contribution in [3.8, 4) is 5.75 Å². The highest BCUT2D eigenvalue weighted by Gasteiger charge is 2.04. The molecular formula is C20H26IN5O. The molecule has 3 aromatic rings. The Balaban J connectivity index is 0.00000261. The van der Waals surface area contributed by atoms with Crippen LogP contribution in [0.2, 0.25) is 0 Å². The highest BCUT2D eigenvalue weighted by atomic mass is 127. The molecule has 3 N–H and O–H groups in total. The van der Waals surface area contributed by atoms with Gasteiger partial charge in [-0.1, -0.05) is 12.1 Å². The lowest BCUT2D eigenvalue weighted by Gasteiger charge is -2.12. The van der Waals surface area contributed by atoms with Crippen LogP contribution in [0.5, 0.6) is 5.75 Å². The predicted molar refractivity (Wildman–Crippen MR) is 121 cm³/mol. The molecule has 7 heteroatoms. The van der Waals surface area contributed by atoms with Crippen molar-refractivity contribution in [2.75, 3.05) is 26.7 Å². The molecule has 27 heavy (non-hydrogen) atoms. The molecular weight excluding hydrogens is 453 g/mol. The summed E-state index contributed by atoms with van der Waals surface area (Å²) in [5.41, 5.74) is 3.76. The van der Waals surface area contributed by atoms with Crippen LogP contribution in [-0.4, -0.2) is 42.7 Å². The standard InChI is InChI=1S/C20H25N5O.HI/c1-15-5-6-18-16(13-25-19(18)12-15)7-9-23-20(21-2)24-10-11-26-17-4-3-8-22-14-17;/h3-6,8,12-14,25H,7,9-11H2,1-2H3,(H2,21,23,24);1H. The number of hydrogen-bond donors (Lipinski definition) is 3. The first kappa shape index (κ1) is 21.0. The molecule has 0 saturated heterocycles. The number of rotatable bonds is 7. The number of fused-ring (bicyclic) bond motifs is 1. The van der Waals surface area contributed by atoms with Crippen molar-refractivity contribution in [3.63, 3.8) is 0 Å². The third-order valence-corrected chi connectivity index (χ3v) is 4.13. The van der Waals surface area contributed by atoms with Crippen LogP contribution in [0.4, 0.5) is 0 Å². The van der Waals surface area contributed by atoms with E-state index in [1.807, 2.05) is 12.1 Å². The molecule has 144 valence electrons. The molecule has 0 aliphatic heterocycles. The largest absolute Gasteiger partial charge is 0.490 e. The number of guanidine groups is 1. The monoisotopic (exact) mass is 479 g/mol. The maximum Gasteiger partial charge on any atom is 0.191 e. The van der Waals surface area contributed by atoms with Crippen molar-refractivity contribution in [2.24, 2.45) is 4.99 Å². The second kappa shape index (κ2) is 10.8. The lowest BCUT2D eigenvalue weighted by atomic mass is 10.1. The molecule has 2 heterocycles. The van der Waals surface area contributed by atoms with Crippen molar-refractivity contribution in [1.29, 1.82) is 0 Å². The van der Waals surface area contributed by atoms with Crippen LogP contribution >= 0.6 is 24.0 Å². The van der Waals surface area contributed by atoms with Crippen LogP contribution in [0.25, 0.3) is 10.9 Å². The van der Waals surface area contributed by atoms with E-state index in [0.29, 0.717) is 13.2 Å². The fourth-order valence-corrected chi connectivity index (χ4v) is 2.81. The van der Waals surface area contributed by atoms with Crippen LogP contribution in [0, 0.1) is 6.92 Å². The summed E-state index contributed by atoms with van der Waals surface area (Å²) in [6.45, 7) is 4.13. The summed E-state index contributed by atoms with van der Waals surface area (Å²) in [4.78, 5) is 11.6. The number of nitrogens with one attached hydrogen (secondary N) is 3. The Bertz CT molecular complexity index is 863. The zero-order valence-electron chi connectivity index (χ0n) is 15.7. The van der Waals surface area contributed by atoms with Gasteiger partial charge in [0.25, 0.3) is 0 Å². The zero-order chi connectivity index (χ0) is 18.2. The number of pyridine rings is 1. The van der Waals surface area contributed by atoms with E-state index in [0.717, 1.165) is 24.7 Å². The molecule has 0 saturated carbocycles. The molecule has 0 radical (unpaired) electrons. The molecule has 1 aromatic carbocycles. The van der Waals surface area contributed by atoms with Crippen LogP contribution in [0.3, 0.4) is 0 Å². The van der Waals surface area contributed by atoms with Gasteiger partial charge in [0.2, 0.25) is 0 Å². The zero-order valence-corrected chi connectivity index (χ0v) is 18.0. The summed E-state index contributed by atoms with van der Waals surface area (Å²) in [5, 5.41) is 7.87. The van der Waals surface area contributed by atoms with Crippen LogP contribution in [0.15, 0.2) is 53.9 Å². The van der Waals surface area contributed by atoms with Gasteiger partial charge in [-0.15, -0.1) is 24.0 Å². The van der Waals surface area contributed by atoms with Gasteiger partial charge in [0.15, 0.2) is 5.96 Å². The minimum absolute atomic E-state index is 0. The molecule has 0 amide bonds. The quantitative estimate of drug-likeness (QED) is 0.211. The highest BCUT2D eigenvalue weighted by Crippen LogP contribution is 2.19. The van der Waals surface area contributed by atoms with Gasteiger partial charge in [0, 0.05) is 36.9 Å². The average Bonchev–Trinajstić information content (AvgIpc) is 3.06. The Hall–Kier alpha value is -2.29. The van der Waals surface area contributed by atoms with Gasteiger partial charge in [0.05, 0.1) is 12.7 Å². The van der Waals surface area contributed by atoms with E-state index < -0.39 is 0 Å². The molecule has 0 unspecified atom stereocenters. The lowest BCUT2D eigenvalue weighted by molar-refractivity contribution is 0.320. The topological polar surface area (TPSA) is 74.3 Å². The van der Waals surface area contributed by atoms with Gasteiger partial charge in [-0.2, -0.15) is 0 Å². The van der Waals surface area contributed by atoms with Gasteiger partial charge in [-0.05, 0) is 42.7 Å². The normalized spacial score (nSPS) is 11.1. The molecule has 0 fully saturated rings. The number of benzene rings is 1. The summed E-state index contributed by atoms with van der Waals surface area (Å²) in [6, 6.07) is 10.3. The fourth-order valence-electron chi connectivity index (χ4n) is 2.81. The van der Waals surface area contributed by atoms with Crippen molar-refractivity contribution in [3.05, 3.63) is 60.0 Å². The van der Waals surface area contributed by atoms with Gasteiger partial charge in [-0.25, -0.2) is 0 Å². The third kappa shape index (κ3) is 6.13. The van der Waals surface area contributed by atoms with Crippen molar-refractivity contribution in [1.82, 2.24) is 20.6 Å². The van der Waals surface area contributed by atoms with Crippen molar-refractivity contribution < 1.29 is 4.74 Å². The Labute approximate surface area is 176 Å². The number of nitrogens with zero attached hydrogens (tertiary/aromatic N) is 2. The first-order chi connectivity index (χ1) is 12.8. The predicted octanol–water partition coefficient (Wildman–Crippen LogP) is 3.28. The van der Waals surface area contributed by atoms with Gasteiger partial charge in [-0.3, -0.25) is 9.98 Å². The van der Waals surface area contributed by atoms with E-state index in [4.69, 9.17) is 4.74 Å². The Morgan fingerprint density at radius 3 is 2.85 bits per heavy atom. The second-order valence-electron chi connectivity index (χ2n) is 6.08. The number of aromatic nitrogens is 2. The third-order valence-electron chi connectivity index (χ3n) is 4.13. The molecule has 3 rings (SSSR count). The molecule has 0 spiro atoms. The number of halogens is 1. The maximum atomic E-state index is 5.61. The summed E-state index contributed by atoms with van der Waals surface area (Å²) >= 11 is 0. The number of hydrogen-bond acceptors (Lipinski definition) is 3. The van der Waals surface area contributed by atoms with Crippen LogP contribution < -0.4 is 15.4 Å². The molecule has 0 atom stereocenters. The first-order valence-corrected chi connectivity index (χ1v) is 8.80. The molecule has 0 bridgehead atoms. The SMILES string of the molecule is CN=C(NCCOc1cccnc1)NCCc1c[nH]c2cc(C)ccc12.I. The molecule has 0 aliphatic rings. The summed E-state index contributed by atoms with van der Waals surface area (Å²) in [7, 11) is 1.77. The first-order valence-electron chi connectivity index (χ1n) is 8.80. The summed E-state index contributed by atoms with van der Waals surface area (Å²) in [5.74, 6) is 1.54. The molecule has 0 aliphatic carbocycles. The summed E-state index contributed by atoms with van der Waals surface area (Å²) in [6.07, 6.45) is 6.45. The summed E-state index contributed by atoms with van der Waals surface area (Å²) < 4.78 is 5.61. The van der Waals surface area contributed by atoms with Crippen LogP contribution in [0.1, 0.15) is 11.1 Å². The van der Waals surface area contributed by atoms with E-state index >= 15 is 0 Å². The lowest BCUT2D eigenvalue weighted by Crippen LogP contribution is -2.40. The molecule has 2 aromatic heterocycles. The Morgan fingerprint density at radius 2 is 2.07 bits per heavy atom. The minimum atomic E-state index is 0. The molecule has 6 nitrogen and oxygen atoms in total. The maximum absolute atomic E-state index is 5.61. The van der Waals surface area contributed by atoms with Crippen molar-refractivity contribution in [2.45, 2.75) is 13.3 Å². The Kier molecular flexibility index (Phi) is 8.38. The van der Waals surface area contributed by atoms with Gasteiger partial charge >= 0.3 is 0 Å². The van der Waals surface area contributed by atoms with Crippen LogP contribution in [-0.2, 0) is 6.42 Å². The van der Waals surface area contributed by atoms with E-state index in [1.165, 1.54) is 22.0 Å².